The third-order valence-electron chi connectivity index (χ3n) is 4.14. The van der Waals surface area contributed by atoms with Crippen LogP contribution in [0.2, 0.25) is 0 Å². The smallest absolute Gasteiger partial charge is 0.274 e. The number of hydrogen-bond acceptors (Lipinski definition) is 3. The summed E-state index contributed by atoms with van der Waals surface area (Å²) in [5.41, 5.74) is 2.04. The molecule has 1 aliphatic rings. The maximum atomic E-state index is 12.7. The Morgan fingerprint density at radius 2 is 2.04 bits per heavy atom. The first-order valence-corrected chi connectivity index (χ1v) is 8.37. The molecule has 2 aromatic heterocycles. The Hall–Kier alpha value is -2.21. The van der Waals surface area contributed by atoms with Gasteiger partial charge in [0.05, 0.1) is 12.2 Å². The molecule has 2 heterocycles. The minimum absolute atomic E-state index is 0.0316. The van der Waals surface area contributed by atoms with Crippen LogP contribution < -0.4 is 5.32 Å². The van der Waals surface area contributed by atoms with Crippen molar-refractivity contribution >= 4 is 27.5 Å². The number of carbonyl (C=O) groups excluding carboxylic acids is 1. The van der Waals surface area contributed by atoms with Gasteiger partial charge in [0, 0.05) is 12.4 Å². The first-order valence-electron chi connectivity index (χ1n) is 7.57. The first-order chi connectivity index (χ1) is 11.2. The average molecular weight is 371 g/mol. The monoisotopic (exact) mass is 370 g/mol. The van der Waals surface area contributed by atoms with E-state index < -0.39 is 0 Å². The summed E-state index contributed by atoms with van der Waals surface area (Å²) in [6.45, 7) is 0. The summed E-state index contributed by atoms with van der Waals surface area (Å²) in [6, 6.07) is 10.1. The van der Waals surface area contributed by atoms with E-state index in [9.17, 15) is 4.79 Å². The van der Waals surface area contributed by atoms with E-state index in [1.165, 1.54) is 0 Å². The van der Waals surface area contributed by atoms with Crippen molar-refractivity contribution in [2.24, 2.45) is 5.92 Å². The summed E-state index contributed by atoms with van der Waals surface area (Å²) < 4.78 is 2.60. The van der Waals surface area contributed by atoms with Crippen molar-refractivity contribution in [3.63, 3.8) is 0 Å². The van der Waals surface area contributed by atoms with Crippen molar-refractivity contribution in [3.05, 3.63) is 64.8 Å². The molecule has 0 aliphatic heterocycles. The van der Waals surface area contributed by atoms with Crippen molar-refractivity contribution in [1.82, 2.24) is 19.7 Å². The average Bonchev–Trinajstić information content (AvgIpc) is 3.36. The topological polar surface area (TPSA) is 59.3 Å². The second kappa shape index (κ2) is 5.77. The fraction of sp³-hybridized carbons (Fsp3) is 0.235. The normalized spacial score (nSPS) is 15.5. The standard InChI is InChI=1S/C17H15BrN4O/c18-13-10-20-16-15(19-8-9-22(13)16)17(23)21-14(12-6-7-12)11-4-2-1-3-5-11/h1-5,8-10,12,14H,6-7H2,(H,21,23)/t14-/m1/s1. The molecule has 1 aliphatic carbocycles. The van der Waals surface area contributed by atoms with Crippen LogP contribution in [0, 0.1) is 5.92 Å². The number of halogens is 1. The van der Waals surface area contributed by atoms with Crippen LogP contribution in [0.4, 0.5) is 0 Å². The van der Waals surface area contributed by atoms with E-state index in [1.54, 1.807) is 23.0 Å². The van der Waals surface area contributed by atoms with Gasteiger partial charge in [-0.05, 0) is 40.3 Å². The number of hydrogen-bond donors (Lipinski definition) is 1. The molecule has 5 nitrogen and oxygen atoms in total. The van der Waals surface area contributed by atoms with E-state index in [4.69, 9.17) is 0 Å². The number of nitrogens with one attached hydrogen (secondary N) is 1. The lowest BCUT2D eigenvalue weighted by molar-refractivity contribution is 0.0928. The lowest BCUT2D eigenvalue weighted by Gasteiger charge is -2.18. The van der Waals surface area contributed by atoms with Gasteiger partial charge in [-0.2, -0.15) is 0 Å². The van der Waals surface area contributed by atoms with Gasteiger partial charge < -0.3 is 5.32 Å². The van der Waals surface area contributed by atoms with Gasteiger partial charge in [-0.3, -0.25) is 9.20 Å². The molecule has 23 heavy (non-hydrogen) atoms. The molecule has 0 bridgehead atoms. The number of benzene rings is 1. The Labute approximate surface area is 141 Å². The van der Waals surface area contributed by atoms with E-state index >= 15 is 0 Å². The highest BCUT2D eigenvalue weighted by atomic mass is 79.9. The molecule has 6 heteroatoms. The molecule has 0 unspecified atom stereocenters. The van der Waals surface area contributed by atoms with E-state index in [0.29, 0.717) is 17.3 Å². The molecule has 1 N–H and O–H groups in total. The number of amides is 1. The van der Waals surface area contributed by atoms with Crippen LogP contribution in [-0.2, 0) is 0 Å². The molecule has 1 atom stereocenters. The van der Waals surface area contributed by atoms with Crippen molar-refractivity contribution in [1.29, 1.82) is 0 Å². The number of fused-ring (bicyclic) bond motifs is 1. The van der Waals surface area contributed by atoms with Crippen LogP contribution in [0.3, 0.4) is 0 Å². The van der Waals surface area contributed by atoms with E-state index in [-0.39, 0.29) is 11.9 Å². The second-order valence-corrected chi connectivity index (χ2v) is 6.56. The summed E-state index contributed by atoms with van der Waals surface area (Å²) in [5, 5.41) is 3.14. The van der Waals surface area contributed by atoms with Gasteiger partial charge in [-0.1, -0.05) is 30.3 Å². The molecular weight excluding hydrogens is 356 g/mol. The number of imidazole rings is 1. The zero-order valence-electron chi connectivity index (χ0n) is 12.3. The number of carbonyl (C=O) groups is 1. The molecule has 0 radical (unpaired) electrons. The van der Waals surface area contributed by atoms with E-state index in [0.717, 1.165) is 23.0 Å². The largest absolute Gasteiger partial charge is 0.343 e. The molecular formula is C17H15BrN4O. The Morgan fingerprint density at radius 3 is 2.78 bits per heavy atom. The molecule has 1 saturated carbocycles. The molecule has 0 spiro atoms. The quantitative estimate of drug-likeness (QED) is 0.765. The lowest BCUT2D eigenvalue weighted by atomic mass is 10.0. The van der Waals surface area contributed by atoms with Crippen LogP contribution in [0.1, 0.15) is 34.9 Å². The van der Waals surface area contributed by atoms with Crippen LogP contribution in [0.5, 0.6) is 0 Å². The molecule has 116 valence electrons. The zero-order chi connectivity index (χ0) is 15.8. The summed E-state index contributed by atoms with van der Waals surface area (Å²) >= 11 is 3.41. The van der Waals surface area contributed by atoms with Gasteiger partial charge in [-0.15, -0.1) is 0 Å². The van der Waals surface area contributed by atoms with Gasteiger partial charge in [0.1, 0.15) is 4.60 Å². The maximum absolute atomic E-state index is 12.7. The summed E-state index contributed by atoms with van der Waals surface area (Å²) in [7, 11) is 0. The highest BCUT2D eigenvalue weighted by Crippen LogP contribution is 2.41. The number of nitrogens with zero attached hydrogens (tertiary/aromatic N) is 3. The van der Waals surface area contributed by atoms with Crippen LogP contribution in [-0.4, -0.2) is 20.3 Å². The summed E-state index contributed by atoms with van der Waals surface area (Å²) in [5.74, 6) is 0.321. The Morgan fingerprint density at radius 1 is 1.26 bits per heavy atom. The third-order valence-corrected chi connectivity index (χ3v) is 4.72. The Balaban J connectivity index is 1.65. The van der Waals surface area contributed by atoms with Crippen LogP contribution in [0.15, 0.2) is 53.5 Å². The fourth-order valence-corrected chi connectivity index (χ4v) is 3.21. The van der Waals surface area contributed by atoms with Crippen molar-refractivity contribution < 1.29 is 4.79 Å². The highest BCUT2D eigenvalue weighted by molar-refractivity contribution is 9.10. The molecule has 1 fully saturated rings. The van der Waals surface area contributed by atoms with Gasteiger partial charge in [-0.25, -0.2) is 9.97 Å². The predicted octanol–water partition coefficient (Wildman–Crippen LogP) is 3.37. The zero-order valence-corrected chi connectivity index (χ0v) is 13.9. The van der Waals surface area contributed by atoms with Crippen LogP contribution >= 0.6 is 15.9 Å². The maximum Gasteiger partial charge on any atom is 0.274 e. The lowest BCUT2D eigenvalue weighted by Crippen LogP contribution is -2.31. The Kier molecular flexibility index (Phi) is 3.61. The minimum atomic E-state index is -0.186. The first kappa shape index (κ1) is 14.4. The van der Waals surface area contributed by atoms with E-state index in [1.807, 2.05) is 18.2 Å². The predicted molar refractivity (Wildman–Crippen MR) is 90.1 cm³/mol. The van der Waals surface area contributed by atoms with E-state index in [2.05, 4.69) is 43.3 Å². The molecule has 4 rings (SSSR count). The van der Waals surface area contributed by atoms with Gasteiger partial charge in [0.2, 0.25) is 0 Å². The second-order valence-electron chi connectivity index (χ2n) is 5.75. The molecule has 0 saturated heterocycles. The molecule has 3 aromatic rings. The van der Waals surface area contributed by atoms with Crippen molar-refractivity contribution in [3.8, 4) is 0 Å². The molecule has 1 amide bonds. The summed E-state index contributed by atoms with van der Waals surface area (Å²) in [4.78, 5) is 21.2. The van der Waals surface area contributed by atoms with Crippen molar-refractivity contribution in [2.75, 3.05) is 0 Å². The summed E-state index contributed by atoms with van der Waals surface area (Å²) in [6.07, 6.45) is 7.35. The van der Waals surface area contributed by atoms with Crippen molar-refractivity contribution in [2.45, 2.75) is 18.9 Å². The van der Waals surface area contributed by atoms with Gasteiger partial charge in [0.15, 0.2) is 11.3 Å². The fourth-order valence-electron chi connectivity index (χ4n) is 2.82. The van der Waals surface area contributed by atoms with Gasteiger partial charge >= 0.3 is 0 Å². The van der Waals surface area contributed by atoms with Gasteiger partial charge in [0.25, 0.3) is 5.91 Å². The number of aromatic nitrogens is 3. The molecule has 1 aromatic carbocycles. The Bertz CT molecular complexity index is 857. The minimum Gasteiger partial charge on any atom is -0.343 e. The number of rotatable bonds is 4. The highest BCUT2D eigenvalue weighted by Gasteiger charge is 2.34. The SMILES string of the molecule is O=C(N[C@H](c1ccccc1)C1CC1)c1nccn2c(Br)cnc12. The third kappa shape index (κ3) is 2.74. The van der Waals surface area contributed by atoms with Crippen LogP contribution in [0.25, 0.3) is 5.65 Å².